The van der Waals surface area contributed by atoms with Crippen LogP contribution < -0.4 is 27.1 Å². The molecule has 2 aromatic carbocycles. The third-order valence-electron chi connectivity index (χ3n) is 3.56. The molecule has 0 saturated heterocycles. The summed E-state index contributed by atoms with van der Waals surface area (Å²) in [4.78, 5) is 7.32. The highest BCUT2D eigenvalue weighted by Gasteiger charge is 2.05. The van der Waals surface area contributed by atoms with Crippen LogP contribution in [-0.2, 0) is 6.42 Å². The van der Waals surface area contributed by atoms with E-state index >= 15 is 0 Å². The zero-order valence-electron chi connectivity index (χ0n) is 13.0. The first-order chi connectivity index (χ1) is 11.2. The van der Waals surface area contributed by atoms with Crippen LogP contribution in [-0.4, -0.2) is 25.0 Å². The second-order valence-electron chi connectivity index (χ2n) is 5.50. The van der Waals surface area contributed by atoms with E-state index in [2.05, 4.69) is 62.8 Å². The molecule has 0 aromatic heterocycles. The van der Waals surface area contributed by atoms with Crippen molar-refractivity contribution in [1.82, 2.24) is 5.32 Å². The van der Waals surface area contributed by atoms with Crippen LogP contribution in [0.3, 0.4) is 0 Å². The van der Waals surface area contributed by atoms with Crippen molar-refractivity contribution in [3.63, 3.8) is 0 Å². The topological polar surface area (TPSA) is 104 Å². The molecule has 0 atom stereocenters. The summed E-state index contributed by atoms with van der Waals surface area (Å²) in [6.07, 6.45) is 0.892. The lowest BCUT2D eigenvalue weighted by Gasteiger charge is -2.08. The zero-order valence-corrected chi connectivity index (χ0v) is 13.0. The molecular formula is C17H22N6+2. The van der Waals surface area contributed by atoms with Crippen molar-refractivity contribution in [2.75, 3.05) is 18.4 Å². The molecule has 0 amide bonds. The lowest BCUT2D eigenvalue weighted by molar-refractivity contribution is -0.426. The number of rotatable bonds is 4. The summed E-state index contributed by atoms with van der Waals surface area (Å²) in [5, 5.41) is 6.46. The molecule has 3 rings (SSSR count). The van der Waals surface area contributed by atoms with Crippen molar-refractivity contribution in [2.45, 2.75) is 6.42 Å². The average molecular weight is 310 g/mol. The Bertz CT molecular complexity index is 712. The Morgan fingerprint density at radius 1 is 1.13 bits per heavy atom. The van der Waals surface area contributed by atoms with Gasteiger partial charge in [0, 0.05) is 12.2 Å². The number of nitrogens with two attached hydrogens (primary N) is 1. The number of nitrogens with zero attached hydrogens (tertiary/aromatic N) is 1. The highest BCUT2D eigenvalue weighted by atomic mass is 15.2. The number of guanidine groups is 2. The molecule has 0 radical (unpaired) electrons. The molecule has 1 aliphatic heterocycles. The lowest BCUT2D eigenvalue weighted by atomic mass is 10.0. The zero-order chi connectivity index (χ0) is 16.1. The second-order valence-corrected chi connectivity index (χ2v) is 5.50. The number of hydrogen-bond acceptors (Lipinski definition) is 3. The van der Waals surface area contributed by atoms with Gasteiger partial charge in [0.15, 0.2) is 5.96 Å². The Kier molecular flexibility index (Phi) is 4.54. The van der Waals surface area contributed by atoms with E-state index in [4.69, 9.17) is 5.73 Å². The summed E-state index contributed by atoms with van der Waals surface area (Å²) in [6.45, 7) is 1.74. The van der Waals surface area contributed by atoms with E-state index in [1.165, 1.54) is 11.1 Å². The molecule has 2 aromatic rings. The Hall–Kier alpha value is -2.86. The molecule has 0 fully saturated rings. The number of anilines is 1. The largest absolute Gasteiger partial charge is 0.439 e. The highest BCUT2D eigenvalue weighted by Crippen LogP contribution is 2.14. The van der Waals surface area contributed by atoms with Gasteiger partial charge in [-0.25, -0.2) is 5.73 Å². The van der Waals surface area contributed by atoms with Gasteiger partial charge >= 0.3 is 5.96 Å². The first kappa shape index (κ1) is 15.1. The van der Waals surface area contributed by atoms with Crippen molar-refractivity contribution in [3.05, 3.63) is 59.7 Å². The van der Waals surface area contributed by atoms with E-state index in [0.29, 0.717) is 5.96 Å². The van der Waals surface area contributed by atoms with Gasteiger partial charge in [0.25, 0.3) is 0 Å². The van der Waals surface area contributed by atoms with Crippen LogP contribution in [0.5, 0.6) is 0 Å². The van der Waals surface area contributed by atoms with E-state index in [-0.39, 0.29) is 0 Å². The second kappa shape index (κ2) is 6.93. The van der Waals surface area contributed by atoms with Gasteiger partial charge in [-0.2, -0.15) is 4.99 Å². The fourth-order valence-corrected chi connectivity index (χ4v) is 2.45. The first-order valence-corrected chi connectivity index (χ1v) is 7.64. The summed E-state index contributed by atoms with van der Waals surface area (Å²) < 4.78 is 0. The van der Waals surface area contributed by atoms with Crippen molar-refractivity contribution in [2.24, 2.45) is 10.7 Å². The van der Waals surface area contributed by atoms with Crippen LogP contribution >= 0.6 is 0 Å². The minimum Gasteiger partial charge on any atom is -0.354 e. The third-order valence-corrected chi connectivity index (χ3v) is 3.56. The monoisotopic (exact) mass is 310 g/mol. The van der Waals surface area contributed by atoms with Gasteiger partial charge in [-0.1, -0.05) is 24.3 Å². The van der Waals surface area contributed by atoms with Gasteiger partial charge in [-0.05, 0) is 41.8 Å². The van der Waals surface area contributed by atoms with Crippen LogP contribution in [0.25, 0.3) is 0 Å². The Morgan fingerprint density at radius 3 is 2.35 bits per heavy atom. The van der Waals surface area contributed by atoms with Crippen LogP contribution in [0.15, 0.2) is 53.5 Å². The van der Waals surface area contributed by atoms with Gasteiger partial charge < -0.3 is 10.6 Å². The Labute approximate surface area is 135 Å². The minimum absolute atomic E-state index is 0.446. The quantitative estimate of drug-likeness (QED) is 0.366. The van der Waals surface area contributed by atoms with Gasteiger partial charge in [0.1, 0.15) is 5.69 Å². The number of nitrogens with one attached hydrogen (secondary N) is 3. The maximum atomic E-state index is 5.53. The number of quaternary nitrogens is 1. The number of aliphatic imine (C=N–C) groups is 1. The number of benzene rings is 2. The third kappa shape index (κ3) is 4.31. The molecule has 0 spiro atoms. The molecule has 0 bridgehead atoms. The van der Waals surface area contributed by atoms with E-state index in [0.717, 1.165) is 36.8 Å². The van der Waals surface area contributed by atoms with Gasteiger partial charge in [0.05, 0.1) is 6.54 Å². The fourth-order valence-electron chi connectivity index (χ4n) is 2.45. The standard InChI is InChI=1S/C17H20N6/c18-16(19)22-14-5-1-12(2-6-14)11-13-3-7-15(8-4-13)23-17-20-9-10-21-17/h1-8H,9-11H2,(H4,18,19,22)(H2,20,21,23)/p+2. The summed E-state index contributed by atoms with van der Waals surface area (Å²) in [5.41, 5.74) is 13.7. The molecule has 0 unspecified atom stereocenters. The Morgan fingerprint density at radius 2 is 1.78 bits per heavy atom. The van der Waals surface area contributed by atoms with E-state index in [9.17, 15) is 0 Å². The SMILES string of the molecule is NC([NH3+])=[NH+]c1ccc(Cc2ccc(NC3=NCCN3)cc2)cc1. The molecular weight excluding hydrogens is 288 g/mol. The molecule has 6 nitrogen and oxygen atoms in total. The van der Waals surface area contributed by atoms with Crippen molar-refractivity contribution < 1.29 is 10.7 Å². The molecule has 23 heavy (non-hydrogen) atoms. The van der Waals surface area contributed by atoms with Gasteiger partial charge in [-0.3, -0.25) is 10.7 Å². The van der Waals surface area contributed by atoms with Gasteiger partial charge in [-0.15, -0.1) is 0 Å². The molecule has 0 saturated carbocycles. The molecule has 0 aliphatic carbocycles. The summed E-state index contributed by atoms with van der Waals surface area (Å²) in [5.74, 6) is 1.30. The van der Waals surface area contributed by atoms with E-state index in [1.807, 2.05) is 12.1 Å². The molecule has 1 heterocycles. The highest BCUT2D eigenvalue weighted by molar-refractivity contribution is 5.94. The lowest BCUT2D eigenvalue weighted by Crippen LogP contribution is -2.85. The van der Waals surface area contributed by atoms with Crippen LogP contribution in [0, 0.1) is 0 Å². The van der Waals surface area contributed by atoms with Crippen LogP contribution in [0.1, 0.15) is 11.1 Å². The summed E-state index contributed by atoms with van der Waals surface area (Å²) in [6, 6.07) is 16.6. The van der Waals surface area contributed by atoms with Crippen molar-refractivity contribution in [1.29, 1.82) is 0 Å². The maximum Gasteiger partial charge on any atom is 0.439 e. The molecule has 118 valence electrons. The summed E-state index contributed by atoms with van der Waals surface area (Å²) in [7, 11) is 0. The van der Waals surface area contributed by atoms with E-state index in [1.54, 1.807) is 0 Å². The summed E-state index contributed by atoms with van der Waals surface area (Å²) >= 11 is 0. The molecule has 6 heteroatoms. The first-order valence-electron chi connectivity index (χ1n) is 7.64. The minimum atomic E-state index is 0.446. The van der Waals surface area contributed by atoms with Crippen molar-refractivity contribution in [3.8, 4) is 0 Å². The molecule has 8 N–H and O–H groups in total. The predicted octanol–water partition coefficient (Wildman–Crippen LogP) is -1.08. The predicted molar refractivity (Wildman–Crippen MR) is 92.3 cm³/mol. The normalized spacial score (nSPS) is 14.3. The van der Waals surface area contributed by atoms with E-state index < -0.39 is 0 Å². The van der Waals surface area contributed by atoms with Crippen molar-refractivity contribution >= 4 is 23.3 Å². The molecule has 1 aliphatic rings. The average Bonchev–Trinajstić information content (AvgIpc) is 3.04. The Balaban J connectivity index is 1.62. The van der Waals surface area contributed by atoms with Crippen LogP contribution in [0.2, 0.25) is 0 Å². The van der Waals surface area contributed by atoms with Crippen LogP contribution in [0.4, 0.5) is 11.4 Å². The fraction of sp³-hybridized carbons (Fsp3) is 0.176. The number of hydrogen-bond donors (Lipinski definition) is 5. The maximum absolute atomic E-state index is 5.53. The van der Waals surface area contributed by atoms with Gasteiger partial charge in [0.2, 0.25) is 0 Å². The smallest absolute Gasteiger partial charge is 0.354 e.